The molecule has 0 aliphatic rings. The number of carbonyl (C=O) groups is 1. The Bertz CT molecular complexity index is 60.7. The normalized spacial score (nSPS) is 7.86. The molecule has 0 atom stereocenters. The summed E-state index contributed by atoms with van der Waals surface area (Å²) in [6.07, 6.45) is 0. The average Bonchev–Trinajstić information content (AvgIpc) is 1.36. The van der Waals surface area contributed by atoms with Crippen LogP contribution >= 0.6 is 13.5 Å². The Balaban J connectivity index is 0. The molecule has 1 N–H and O–H groups in total. The number of aliphatic carboxylic acids is 1. The summed E-state index contributed by atoms with van der Waals surface area (Å²) in [6.45, 7) is 3.28. The van der Waals surface area contributed by atoms with E-state index in [9.17, 15) is 4.79 Å². The Hall–Kier alpha value is -0.180. The van der Waals surface area contributed by atoms with Crippen molar-refractivity contribution in [3.8, 4) is 0 Å². The van der Waals surface area contributed by atoms with Crippen LogP contribution < -0.4 is 0 Å². The molecule has 0 aromatic carbocycles. The number of carboxylic acid groups (broad SMARTS) is 1. The van der Waals surface area contributed by atoms with Gasteiger partial charge in [0, 0.05) is 0 Å². The van der Waals surface area contributed by atoms with Crippen LogP contribution in [0.3, 0.4) is 0 Å². The van der Waals surface area contributed by atoms with Gasteiger partial charge in [-0.05, 0) is 0 Å². The molecule has 2 nitrogen and oxygen atoms in total. The highest BCUT2D eigenvalue weighted by atomic mass is 32.1. The summed E-state index contributed by atoms with van der Waals surface area (Å²) in [6, 6.07) is 0. The number of hydrogen-bond acceptors (Lipinski definition) is 1. The van der Waals surface area contributed by atoms with Gasteiger partial charge < -0.3 is 5.11 Å². The molecular weight excluding hydrogens is 112 g/mol. The quantitative estimate of drug-likeness (QED) is 0.559. The molecule has 0 amide bonds. The van der Waals surface area contributed by atoms with E-state index < -0.39 is 5.97 Å². The van der Waals surface area contributed by atoms with E-state index in [2.05, 4.69) is 0 Å². The second-order valence-electron chi connectivity index (χ2n) is 1.49. The van der Waals surface area contributed by atoms with Crippen molar-refractivity contribution in [2.45, 2.75) is 13.8 Å². The second kappa shape index (κ2) is 3.99. The number of carboxylic acids is 1. The van der Waals surface area contributed by atoms with Gasteiger partial charge in [-0.25, -0.2) is 0 Å². The maximum Gasteiger partial charge on any atom is 0.305 e. The number of hydrogen-bond donors (Lipinski definition) is 1. The fourth-order valence-corrected chi connectivity index (χ4v) is 0. The molecule has 0 saturated carbocycles. The van der Waals surface area contributed by atoms with Crippen LogP contribution in [0.15, 0.2) is 0 Å². The molecule has 0 aliphatic heterocycles. The maximum atomic E-state index is 9.70. The third-order valence-electron chi connectivity index (χ3n) is 0.494. The summed E-state index contributed by atoms with van der Waals surface area (Å²) < 4.78 is 0. The monoisotopic (exact) mass is 122 g/mol. The zero-order chi connectivity index (χ0) is 5.15. The molecule has 0 aromatic rings. The van der Waals surface area contributed by atoms with Gasteiger partial charge in [-0.15, -0.1) is 0 Å². The number of rotatable bonds is 1. The van der Waals surface area contributed by atoms with Crippen LogP contribution in [0.4, 0.5) is 0 Å². The van der Waals surface area contributed by atoms with Gasteiger partial charge in [0.2, 0.25) is 0 Å². The van der Waals surface area contributed by atoms with Crippen LogP contribution in [0.25, 0.3) is 0 Å². The Kier molecular flexibility index (Phi) is 5.67. The van der Waals surface area contributed by atoms with E-state index in [0.29, 0.717) is 0 Å². The standard InChI is InChI=1S/C4H8O2.H2S/c1-3(2)4(5)6;/h3H,1-2H3,(H,5,6);1H2. The van der Waals surface area contributed by atoms with Crippen LogP contribution in [-0.4, -0.2) is 11.1 Å². The van der Waals surface area contributed by atoms with E-state index in [1.165, 1.54) is 0 Å². The predicted molar refractivity (Wildman–Crippen MR) is 32.9 cm³/mol. The third kappa shape index (κ3) is 5.82. The highest BCUT2D eigenvalue weighted by Crippen LogP contribution is 1.87. The summed E-state index contributed by atoms with van der Waals surface area (Å²) in [5.74, 6) is -0.972. The minimum Gasteiger partial charge on any atom is -0.481 e. The lowest BCUT2D eigenvalue weighted by Crippen LogP contribution is -2.03. The van der Waals surface area contributed by atoms with E-state index in [1.54, 1.807) is 13.8 Å². The molecule has 0 unspecified atom stereocenters. The molecule has 0 bridgehead atoms. The van der Waals surface area contributed by atoms with Crippen molar-refractivity contribution in [2.75, 3.05) is 0 Å². The maximum absolute atomic E-state index is 9.70. The molecule has 0 fully saturated rings. The smallest absolute Gasteiger partial charge is 0.305 e. The largest absolute Gasteiger partial charge is 0.481 e. The van der Waals surface area contributed by atoms with E-state index in [4.69, 9.17) is 5.11 Å². The lowest BCUT2D eigenvalue weighted by molar-refractivity contribution is -0.140. The molecule has 0 aliphatic carbocycles. The van der Waals surface area contributed by atoms with Gasteiger partial charge in [0.25, 0.3) is 0 Å². The van der Waals surface area contributed by atoms with E-state index >= 15 is 0 Å². The Morgan fingerprint density at radius 3 is 1.71 bits per heavy atom. The molecule has 44 valence electrons. The lowest BCUT2D eigenvalue weighted by Gasteiger charge is -1.89. The first-order valence-electron chi connectivity index (χ1n) is 1.87. The fraction of sp³-hybridized carbons (Fsp3) is 0.750. The van der Waals surface area contributed by atoms with Gasteiger partial charge in [0.15, 0.2) is 0 Å². The molecule has 0 spiro atoms. The zero-order valence-corrected chi connectivity index (χ0v) is 5.43. The van der Waals surface area contributed by atoms with Crippen LogP contribution in [0, 0.1) is 5.92 Å². The fourth-order valence-electron chi connectivity index (χ4n) is 0. The van der Waals surface area contributed by atoms with Crippen LogP contribution in [-0.2, 0) is 4.79 Å². The van der Waals surface area contributed by atoms with Crippen molar-refractivity contribution in [1.29, 1.82) is 0 Å². The first-order valence-corrected chi connectivity index (χ1v) is 1.87. The minimum atomic E-state index is -0.741. The highest BCUT2D eigenvalue weighted by Gasteiger charge is 1.99. The SMILES string of the molecule is CC(C)C(=O)O.S. The summed E-state index contributed by atoms with van der Waals surface area (Å²) in [7, 11) is 0. The molecule has 0 aromatic heterocycles. The van der Waals surface area contributed by atoms with Crippen molar-refractivity contribution in [2.24, 2.45) is 5.92 Å². The highest BCUT2D eigenvalue weighted by molar-refractivity contribution is 7.59. The molecule has 0 saturated heterocycles. The zero-order valence-electron chi connectivity index (χ0n) is 4.43. The first kappa shape index (κ1) is 9.94. The summed E-state index contributed by atoms with van der Waals surface area (Å²) in [5, 5.41) is 7.99. The second-order valence-corrected chi connectivity index (χ2v) is 1.49. The van der Waals surface area contributed by atoms with Crippen molar-refractivity contribution in [3.63, 3.8) is 0 Å². The van der Waals surface area contributed by atoms with Gasteiger partial charge in [-0.2, -0.15) is 13.5 Å². The van der Waals surface area contributed by atoms with Gasteiger partial charge >= 0.3 is 5.97 Å². The Morgan fingerprint density at radius 1 is 1.57 bits per heavy atom. The summed E-state index contributed by atoms with van der Waals surface area (Å²) in [5.41, 5.74) is 0. The topological polar surface area (TPSA) is 37.3 Å². The Morgan fingerprint density at radius 2 is 1.71 bits per heavy atom. The minimum absolute atomic E-state index is 0. The van der Waals surface area contributed by atoms with E-state index in [-0.39, 0.29) is 19.4 Å². The van der Waals surface area contributed by atoms with Crippen molar-refractivity contribution in [3.05, 3.63) is 0 Å². The summed E-state index contributed by atoms with van der Waals surface area (Å²) >= 11 is 0. The predicted octanol–water partition coefficient (Wildman–Crippen LogP) is 0.840. The van der Waals surface area contributed by atoms with Gasteiger partial charge in [-0.3, -0.25) is 4.79 Å². The lowest BCUT2D eigenvalue weighted by atomic mass is 10.2. The molecule has 0 rings (SSSR count). The first-order chi connectivity index (χ1) is 2.64. The third-order valence-corrected chi connectivity index (χ3v) is 0.494. The van der Waals surface area contributed by atoms with Crippen molar-refractivity contribution in [1.82, 2.24) is 0 Å². The van der Waals surface area contributed by atoms with Crippen LogP contribution in [0.2, 0.25) is 0 Å². The van der Waals surface area contributed by atoms with E-state index in [1.807, 2.05) is 0 Å². The molecule has 0 radical (unpaired) electrons. The average molecular weight is 122 g/mol. The van der Waals surface area contributed by atoms with Gasteiger partial charge in [0.05, 0.1) is 5.92 Å². The Labute approximate surface area is 50.0 Å². The molecule has 0 heterocycles. The molecular formula is C4H10O2S. The van der Waals surface area contributed by atoms with E-state index in [0.717, 1.165) is 0 Å². The van der Waals surface area contributed by atoms with Crippen LogP contribution in [0.1, 0.15) is 13.8 Å². The van der Waals surface area contributed by atoms with Crippen molar-refractivity contribution < 1.29 is 9.90 Å². The van der Waals surface area contributed by atoms with Gasteiger partial charge in [-0.1, -0.05) is 13.8 Å². The van der Waals surface area contributed by atoms with Crippen LogP contribution in [0.5, 0.6) is 0 Å². The molecule has 3 heteroatoms. The molecule has 7 heavy (non-hydrogen) atoms. The van der Waals surface area contributed by atoms with Gasteiger partial charge in [0.1, 0.15) is 0 Å². The van der Waals surface area contributed by atoms with Crippen molar-refractivity contribution >= 4 is 19.5 Å². The summed E-state index contributed by atoms with van der Waals surface area (Å²) in [4.78, 5) is 9.70.